The lowest BCUT2D eigenvalue weighted by atomic mass is 9.35. The molecule has 7 nitrogen and oxygen atoms in total. The first kappa shape index (κ1) is 26.4. The third-order valence-electron chi connectivity index (χ3n) is 8.50. The minimum atomic E-state index is -4.24. The number of sulfone groups is 1. The van der Waals surface area contributed by atoms with E-state index in [0.29, 0.717) is 52.9 Å². The molecule has 208 valence electrons. The smallest absolute Gasteiger partial charge is 0.394 e. The average Bonchev–Trinajstić information content (AvgIpc) is 3.23. The summed E-state index contributed by atoms with van der Waals surface area (Å²) in [7, 11) is -3.09. The molecule has 0 aliphatic heterocycles. The normalized spacial score (nSPS) is 28.4. The van der Waals surface area contributed by atoms with E-state index >= 15 is 4.39 Å². The lowest BCUT2D eigenvalue weighted by Gasteiger charge is -2.69. The van der Waals surface area contributed by atoms with Crippen molar-refractivity contribution < 1.29 is 26.0 Å². The number of thiazole rings is 1. The number of rotatable bonds is 6. The Balaban J connectivity index is 1.31. The van der Waals surface area contributed by atoms with Crippen LogP contribution in [-0.4, -0.2) is 47.1 Å². The highest BCUT2D eigenvalue weighted by Gasteiger charge is 2.79. The van der Waals surface area contributed by atoms with Crippen LogP contribution < -0.4 is 11.1 Å². The van der Waals surface area contributed by atoms with Crippen molar-refractivity contribution in [3.63, 3.8) is 0 Å². The molecule has 39 heavy (non-hydrogen) atoms. The van der Waals surface area contributed by atoms with Gasteiger partial charge < -0.3 is 11.1 Å². The molecule has 3 aromatic rings. The van der Waals surface area contributed by atoms with Crippen molar-refractivity contribution >= 4 is 32.8 Å². The maximum Gasteiger partial charge on any atom is 0.394 e. The Morgan fingerprint density at radius 3 is 2.41 bits per heavy atom. The van der Waals surface area contributed by atoms with Gasteiger partial charge in [0.15, 0.2) is 5.82 Å². The second kappa shape index (κ2) is 8.85. The molecule has 4 saturated carbocycles. The molecule has 2 bridgehead atoms. The Labute approximate surface area is 227 Å². The molecule has 1 aromatic carbocycles. The Kier molecular flexibility index (Phi) is 6.00. The van der Waals surface area contributed by atoms with Crippen LogP contribution in [-0.2, 0) is 15.3 Å². The summed E-state index contributed by atoms with van der Waals surface area (Å²) in [5.74, 6) is -0.305. The van der Waals surface area contributed by atoms with Gasteiger partial charge in [-0.3, -0.25) is 0 Å². The Hall–Kier alpha value is -2.80. The molecule has 0 amide bonds. The fraction of sp³-hybridized carbons (Fsp3) is 0.500. The second-order valence-electron chi connectivity index (χ2n) is 11.2. The van der Waals surface area contributed by atoms with E-state index in [9.17, 15) is 21.6 Å². The first-order valence-electron chi connectivity index (χ1n) is 12.7. The predicted molar refractivity (Wildman–Crippen MR) is 141 cm³/mol. The minimum absolute atomic E-state index is 0.000409. The van der Waals surface area contributed by atoms with Crippen LogP contribution in [0.1, 0.15) is 50.0 Å². The van der Waals surface area contributed by atoms with Crippen molar-refractivity contribution in [3.05, 3.63) is 41.3 Å². The van der Waals surface area contributed by atoms with Crippen molar-refractivity contribution in [1.29, 1.82) is 0 Å². The van der Waals surface area contributed by atoms with Crippen LogP contribution in [0.4, 0.5) is 29.2 Å². The van der Waals surface area contributed by atoms with Crippen molar-refractivity contribution in [1.82, 2.24) is 15.0 Å². The van der Waals surface area contributed by atoms with E-state index in [1.54, 1.807) is 24.4 Å². The number of benzene rings is 1. The number of nitrogens with two attached hydrogens (primary N) is 1. The number of nitrogen functional groups attached to an aromatic ring is 1. The van der Waals surface area contributed by atoms with Crippen LogP contribution in [0.15, 0.2) is 30.5 Å². The van der Waals surface area contributed by atoms with Gasteiger partial charge in [0, 0.05) is 29.5 Å². The van der Waals surface area contributed by atoms with E-state index in [0.717, 1.165) is 0 Å². The van der Waals surface area contributed by atoms with E-state index in [4.69, 9.17) is 10.7 Å². The third-order valence-corrected chi connectivity index (χ3v) is 11.5. The number of aromatic nitrogens is 3. The zero-order chi connectivity index (χ0) is 27.8. The van der Waals surface area contributed by atoms with Crippen LogP contribution in [0.3, 0.4) is 0 Å². The summed E-state index contributed by atoms with van der Waals surface area (Å²) in [5.41, 5.74) is 4.40. The average molecular weight is 582 g/mol. The predicted octanol–water partition coefficient (Wildman–Crippen LogP) is 5.74. The highest BCUT2D eigenvalue weighted by Crippen LogP contribution is 2.79. The molecule has 0 unspecified atom stereocenters. The highest BCUT2D eigenvalue weighted by molar-refractivity contribution is 7.91. The quantitative estimate of drug-likeness (QED) is 0.282. The van der Waals surface area contributed by atoms with Gasteiger partial charge in [0.1, 0.15) is 14.8 Å². The molecular formula is C26H27F4N5O2S2. The fourth-order valence-electron chi connectivity index (χ4n) is 6.32. The Bertz CT molecular complexity index is 1530. The second-order valence-corrected chi connectivity index (χ2v) is 14.5. The maximum atomic E-state index is 15.1. The number of nitrogens with zero attached hydrogens (tertiary/aromatic N) is 3. The summed E-state index contributed by atoms with van der Waals surface area (Å²) in [6, 6.07) is 6.26. The number of hydrogen-bond donors (Lipinski definition) is 2. The monoisotopic (exact) mass is 581 g/mol. The standard InChI is InChI=1S/C26H27F4N5O2S2/c1-39(36,37)15-7-5-14(6-8-15)33-23-32-10-9-18(34-23)21-20(16-3-2-4-17(31)19(16)27)35-22(38-21)24-11-25(12-24,13-24)26(28,29)30/h2-4,9-10,14-15H,5-8,11-13,31H2,1H3,(H,32,33,34)/t14-,15-,24?,25?. The van der Waals surface area contributed by atoms with Gasteiger partial charge in [-0.1, -0.05) is 6.07 Å². The molecule has 7 rings (SSSR count). The molecule has 0 saturated heterocycles. The summed E-state index contributed by atoms with van der Waals surface area (Å²) in [4.78, 5) is 14.2. The van der Waals surface area contributed by atoms with Crippen LogP contribution in [0, 0.1) is 11.2 Å². The number of hydrogen-bond acceptors (Lipinski definition) is 8. The number of anilines is 2. The Morgan fingerprint density at radius 2 is 1.77 bits per heavy atom. The summed E-state index contributed by atoms with van der Waals surface area (Å²) < 4.78 is 79.4. The van der Waals surface area contributed by atoms with E-state index in [1.807, 2.05) is 0 Å². The summed E-state index contributed by atoms with van der Waals surface area (Å²) in [6.45, 7) is 0. The molecule has 0 radical (unpaired) electrons. The fourth-order valence-corrected chi connectivity index (χ4v) is 8.69. The van der Waals surface area contributed by atoms with Gasteiger partial charge >= 0.3 is 6.18 Å². The van der Waals surface area contributed by atoms with E-state index in [1.165, 1.54) is 23.7 Å². The Morgan fingerprint density at radius 1 is 1.08 bits per heavy atom. The van der Waals surface area contributed by atoms with E-state index in [2.05, 4.69) is 15.3 Å². The van der Waals surface area contributed by atoms with Crippen LogP contribution in [0.25, 0.3) is 21.8 Å². The third kappa shape index (κ3) is 4.37. The van der Waals surface area contributed by atoms with Gasteiger partial charge in [-0.15, -0.1) is 11.3 Å². The van der Waals surface area contributed by atoms with Gasteiger partial charge in [0.05, 0.1) is 32.6 Å². The summed E-state index contributed by atoms with van der Waals surface area (Å²) in [5, 5.41) is 3.48. The molecule has 2 heterocycles. The first-order valence-corrected chi connectivity index (χ1v) is 15.5. The molecule has 0 spiro atoms. The van der Waals surface area contributed by atoms with Crippen LogP contribution in [0.5, 0.6) is 0 Å². The zero-order valence-electron chi connectivity index (χ0n) is 21.1. The largest absolute Gasteiger partial charge is 0.396 e. The molecule has 2 aromatic heterocycles. The molecule has 13 heteroatoms. The lowest BCUT2D eigenvalue weighted by molar-refractivity contribution is -0.337. The SMILES string of the molecule is CS(=O)(=O)[C@H]1CC[C@H](Nc2nccc(-c3sc(C45CC(C(F)(F)F)(C4)C5)nc3-c3cccc(N)c3F)n2)CC1. The zero-order valence-corrected chi connectivity index (χ0v) is 22.7. The van der Waals surface area contributed by atoms with Crippen molar-refractivity contribution in [2.24, 2.45) is 5.41 Å². The first-order chi connectivity index (χ1) is 18.3. The molecule has 4 fully saturated rings. The molecule has 0 atom stereocenters. The molecule has 3 N–H and O–H groups in total. The van der Waals surface area contributed by atoms with E-state index < -0.39 is 32.7 Å². The summed E-state index contributed by atoms with van der Waals surface area (Å²) in [6.07, 6.45) is 0.947. The highest BCUT2D eigenvalue weighted by atomic mass is 32.2. The van der Waals surface area contributed by atoms with Gasteiger partial charge in [0.25, 0.3) is 0 Å². The van der Waals surface area contributed by atoms with Gasteiger partial charge in [-0.05, 0) is 63.1 Å². The van der Waals surface area contributed by atoms with Crippen molar-refractivity contribution in [2.45, 2.75) is 67.8 Å². The van der Waals surface area contributed by atoms with Gasteiger partial charge in [-0.2, -0.15) is 13.2 Å². The van der Waals surface area contributed by atoms with Crippen LogP contribution in [0.2, 0.25) is 0 Å². The lowest BCUT2D eigenvalue weighted by Crippen LogP contribution is -2.70. The van der Waals surface area contributed by atoms with Crippen molar-refractivity contribution in [3.8, 4) is 21.8 Å². The van der Waals surface area contributed by atoms with Gasteiger partial charge in [-0.25, -0.2) is 27.8 Å². The van der Waals surface area contributed by atoms with E-state index in [-0.39, 0.29) is 41.8 Å². The molecular weight excluding hydrogens is 554 g/mol. The molecule has 4 aliphatic carbocycles. The number of alkyl halides is 3. The minimum Gasteiger partial charge on any atom is -0.396 e. The maximum absolute atomic E-state index is 15.1. The van der Waals surface area contributed by atoms with Crippen molar-refractivity contribution in [2.75, 3.05) is 17.3 Å². The van der Waals surface area contributed by atoms with Crippen LogP contribution >= 0.6 is 11.3 Å². The summed E-state index contributed by atoms with van der Waals surface area (Å²) >= 11 is 1.24. The molecule has 4 aliphatic rings. The number of halogens is 4. The number of nitrogens with one attached hydrogen (secondary N) is 1. The topological polar surface area (TPSA) is 111 Å². The van der Waals surface area contributed by atoms with Gasteiger partial charge in [0.2, 0.25) is 5.95 Å².